The van der Waals surface area contributed by atoms with Crippen LogP contribution in [0.3, 0.4) is 0 Å². The first kappa shape index (κ1) is 34.2. The molecule has 0 aromatic rings. The summed E-state index contributed by atoms with van der Waals surface area (Å²) in [7, 11) is 0. The molecule has 1 aliphatic heterocycles. The van der Waals surface area contributed by atoms with Gasteiger partial charge < -0.3 is 53.0 Å². The van der Waals surface area contributed by atoms with Gasteiger partial charge in [0.2, 0.25) is 35.4 Å². The van der Waals surface area contributed by atoms with Gasteiger partial charge in [-0.05, 0) is 25.2 Å². The van der Waals surface area contributed by atoms with Crippen molar-refractivity contribution < 1.29 is 48.9 Å². The molecular formula is C23H39N7O10. The molecule has 0 saturated carbocycles. The highest BCUT2D eigenvalue weighted by molar-refractivity contribution is 5.97. The highest BCUT2D eigenvalue weighted by atomic mass is 16.4. The molecule has 0 aliphatic carbocycles. The summed E-state index contributed by atoms with van der Waals surface area (Å²) in [5.74, 6) is -6.78. The molecule has 17 nitrogen and oxygen atoms in total. The Morgan fingerprint density at radius 2 is 1.45 bits per heavy atom. The maximum Gasteiger partial charge on any atom is 0.326 e. The van der Waals surface area contributed by atoms with Crippen LogP contribution in [-0.2, 0) is 33.6 Å². The average Bonchev–Trinajstić information content (AvgIpc) is 3.38. The third-order valence-corrected chi connectivity index (χ3v) is 6.02. The molecule has 1 fully saturated rings. The Bertz CT molecular complexity index is 960. The molecule has 1 saturated heterocycles. The van der Waals surface area contributed by atoms with E-state index >= 15 is 0 Å². The second kappa shape index (κ2) is 16.3. The van der Waals surface area contributed by atoms with E-state index in [0.717, 1.165) is 4.90 Å². The molecule has 0 aromatic carbocycles. The molecule has 0 bridgehead atoms. The topological polar surface area (TPSA) is 284 Å². The number of rotatable bonds is 16. The Kier molecular flexibility index (Phi) is 13.9. The zero-order valence-electron chi connectivity index (χ0n) is 22.4. The molecule has 1 aliphatic rings. The maximum atomic E-state index is 13.1. The average molecular weight is 574 g/mol. The van der Waals surface area contributed by atoms with Crippen LogP contribution in [0.1, 0.15) is 39.5 Å². The van der Waals surface area contributed by atoms with Gasteiger partial charge in [-0.25, -0.2) is 4.79 Å². The highest BCUT2D eigenvalue weighted by Gasteiger charge is 2.39. The molecule has 0 aromatic heterocycles. The Balaban J connectivity index is 3.00. The van der Waals surface area contributed by atoms with E-state index in [0.29, 0.717) is 6.42 Å². The van der Waals surface area contributed by atoms with Crippen LogP contribution in [-0.4, -0.2) is 118 Å². The summed E-state index contributed by atoms with van der Waals surface area (Å²) in [6, 6.07) is -6.99. The number of carboxylic acid groups (broad SMARTS) is 1. The van der Waals surface area contributed by atoms with Crippen molar-refractivity contribution in [3.8, 4) is 0 Å². The first-order valence-electron chi connectivity index (χ1n) is 12.7. The summed E-state index contributed by atoms with van der Waals surface area (Å²) in [5.41, 5.74) is 10.4. The van der Waals surface area contributed by atoms with Crippen molar-refractivity contribution in [3.05, 3.63) is 0 Å². The van der Waals surface area contributed by atoms with Crippen molar-refractivity contribution in [1.82, 2.24) is 26.2 Å². The van der Waals surface area contributed by atoms with Crippen molar-refractivity contribution in [1.29, 1.82) is 0 Å². The number of nitrogens with one attached hydrogen (secondary N) is 4. The van der Waals surface area contributed by atoms with Crippen molar-refractivity contribution in [2.24, 2.45) is 17.4 Å². The number of amides is 6. The summed E-state index contributed by atoms with van der Waals surface area (Å²) < 4.78 is 0. The number of primary amides is 1. The number of carbonyl (C=O) groups is 7. The summed E-state index contributed by atoms with van der Waals surface area (Å²) in [6.07, 6.45) is -0.0704. The number of aliphatic carboxylic acids is 1. The number of aliphatic hydroxyl groups is 2. The Hall–Kier alpha value is -3.83. The SMILES string of the molecule is CC(C)C[C@H](NC(=O)[C@H](CO)NC(=O)[C@H](CC(N)=O)NC(=O)[C@@H]1CCCN1C(=O)[C@H](CO)NC(=O)CN)C(=O)O. The van der Waals surface area contributed by atoms with Gasteiger partial charge in [0, 0.05) is 6.54 Å². The minimum Gasteiger partial charge on any atom is -0.480 e. The third kappa shape index (κ3) is 10.4. The van der Waals surface area contributed by atoms with Crippen molar-refractivity contribution >= 4 is 41.4 Å². The number of carboxylic acids is 1. The van der Waals surface area contributed by atoms with E-state index in [2.05, 4.69) is 21.3 Å². The van der Waals surface area contributed by atoms with E-state index in [1.54, 1.807) is 13.8 Å². The van der Waals surface area contributed by atoms with Gasteiger partial charge in [0.25, 0.3) is 0 Å². The van der Waals surface area contributed by atoms with Crippen LogP contribution in [0.2, 0.25) is 0 Å². The molecule has 6 amide bonds. The van der Waals surface area contributed by atoms with Gasteiger partial charge in [0.1, 0.15) is 30.2 Å². The number of hydrogen-bond donors (Lipinski definition) is 9. The summed E-state index contributed by atoms with van der Waals surface area (Å²) >= 11 is 0. The van der Waals surface area contributed by atoms with Gasteiger partial charge >= 0.3 is 5.97 Å². The molecule has 0 radical (unpaired) electrons. The number of nitrogens with zero attached hydrogens (tertiary/aromatic N) is 1. The number of likely N-dealkylation sites (tertiary alicyclic amines) is 1. The largest absolute Gasteiger partial charge is 0.480 e. The normalized spacial score (nSPS) is 17.8. The van der Waals surface area contributed by atoms with Crippen LogP contribution in [0, 0.1) is 5.92 Å². The van der Waals surface area contributed by atoms with E-state index in [-0.39, 0.29) is 25.3 Å². The van der Waals surface area contributed by atoms with Crippen LogP contribution in [0.25, 0.3) is 0 Å². The summed E-state index contributed by atoms with van der Waals surface area (Å²) in [4.78, 5) is 87.1. The van der Waals surface area contributed by atoms with Crippen LogP contribution < -0.4 is 32.7 Å². The molecule has 17 heteroatoms. The molecule has 1 heterocycles. The molecule has 11 N–H and O–H groups in total. The second-order valence-corrected chi connectivity index (χ2v) is 9.70. The Labute approximate surface area is 230 Å². The van der Waals surface area contributed by atoms with Crippen LogP contribution in [0.5, 0.6) is 0 Å². The molecule has 1 rings (SSSR count). The lowest BCUT2D eigenvalue weighted by atomic mass is 10.0. The predicted octanol–water partition coefficient (Wildman–Crippen LogP) is -5.13. The predicted molar refractivity (Wildman–Crippen MR) is 137 cm³/mol. The number of carbonyl (C=O) groups excluding carboxylic acids is 6. The van der Waals surface area contributed by atoms with Gasteiger partial charge in [-0.15, -0.1) is 0 Å². The van der Waals surface area contributed by atoms with E-state index in [1.807, 2.05) is 0 Å². The van der Waals surface area contributed by atoms with E-state index in [9.17, 15) is 48.9 Å². The van der Waals surface area contributed by atoms with Gasteiger partial charge in [-0.1, -0.05) is 13.8 Å². The van der Waals surface area contributed by atoms with Crippen LogP contribution in [0.15, 0.2) is 0 Å². The van der Waals surface area contributed by atoms with Gasteiger partial charge in [0.05, 0.1) is 26.2 Å². The zero-order chi connectivity index (χ0) is 30.6. The third-order valence-electron chi connectivity index (χ3n) is 6.02. The fraction of sp³-hybridized carbons (Fsp3) is 0.696. The molecule has 40 heavy (non-hydrogen) atoms. The maximum absolute atomic E-state index is 13.1. The Morgan fingerprint density at radius 3 is 1.95 bits per heavy atom. The van der Waals surface area contributed by atoms with Gasteiger partial charge in [-0.3, -0.25) is 28.8 Å². The summed E-state index contributed by atoms with van der Waals surface area (Å²) in [6.45, 7) is 1.47. The summed E-state index contributed by atoms with van der Waals surface area (Å²) in [5, 5.41) is 37.5. The molecule has 0 unspecified atom stereocenters. The standard InChI is InChI=1S/C23H39N7O10/c1-11(2)6-13(23(39)40)28-20(36)14(9-31)29-19(35)12(7-17(25)33)27-21(37)16-4-3-5-30(16)22(38)15(10-32)26-18(34)8-24/h11-16,31-32H,3-10,24H2,1-2H3,(H2,25,33)(H,26,34)(H,27,37)(H,28,36)(H,29,35)(H,39,40)/t12-,13-,14-,15-,16-/m0/s1. The monoisotopic (exact) mass is 573 g/mol. The minimum atomic E-state index is -1.62. The second-order valence-electron chi connectivity index (χ2n) is 9.70. The fourth-order valence-corrected chi connectivity index (χ4v) is 4.05. The first-order chi connectivity index (χ1) is 18.7. The van der Waals surface area contributed by atoms with Gasteiger partial charge in [-0.2, -0.15) is 0 Å². The highest BCUT2D eigenvalue weighted by Crippen LogP contribution is 2.19. The lowest BCUT2D eigenvalue weighted by Gasteiger charge is -2.29. The number of hydrogen-bond acceptors (Lipinski definition) is 10. The molecule has 226 valence electrons. The van der Waals surface area contributed by atoms with Crippen LogP contribution >= 0.6 is 0 Å². The van der Waals surface area contributed by atoms with Crippen molar-refractivity contribution in [2.75, 3.05) is 26.3 Å². The minimum absolute atomic E-state index is 0.0805. The molecule has 5 atom stereocenters. The van der Waals surface area contributed by atoms with E-state index < -0.39 is 97.8 Å². The quantitative estimate of drug-likeness (QED) is 0.0841. The first-order valence-corrected chi connectivity index (χ1v) is 12.7. The van der Waals surface area contributed by atoms with E-state index in [1.165, 1.54) is 0 Å². The Morgan fingerprint density at radius 1 is 0.875 bits per heavy atom. The molecule has 0 spiro atoms. The number of nitrogens with two attached hydrogens (primary N) is 2. The zero-order valence-corrected chi connectivity index (χ0v) is 22.4. The van der Waals surface area contributed by atoms with Gasteiger partial charge in [0.15, 0.2) is 0 Å². The smallest absolute Gasteiger partial charge is 0.326 e. The lowest BCUT2D eigenvalue weighted by Crippen LogP contribution is -2.60. The number of aliphatic hydroxyl groups excluding tert-OH is 2. The van der Waals surface area contributed by atoms with Crippen molar-refractivity contribution in [3.63, 3.8) is 0 Å². The van der Waals surface area contributed by atoms with Crippen molar-refractivity contribution in [2.45, 2.75) is 69.7 Å². The van der Waals surface area contributed by atoms with E-state index in [4.69, 9.17) is 11.5 Å². The van der Waals surface area contributed by atoms with Crippen LogP contribution in [0.4, 0.5) is 0 Å². The molecular weight excluding hydrogens is 534 g/mol. The lowest BCUT2D eigenvalue weighted by molar-refractivity contribution is -0.143. The fourth-order valence-electron chi connectivity index (χ4n) is 4.05.